The van der Waals surface area contributed by atoms with E-state index in [-0.39, 0.29) is 30.6 Å². The van der Waals surface area contributed by atoms with E-state index < -0.39 is 0 Å². The number of nitrogens with two attached hydrogens (primary N) is 2. The Morgan fingerprint density at radius 3 is 2.53 bits per heavy atom. The van der Waals surface area contributed by atoms with Gasteiger partial charge in [-0.2, -0.15) is 5.10 Å². The largest absolute Gasteiger partial charge is 0.369 e. The summed E-state index contributed by atoms with van der Waals surface area (Å²) in [6, 6.07) is 0.0625. The third-order valence-corrected chi connectivity index (χ3v) is 3.30. The van der Waals surface area contributed by atoms with Crippen LogP contribution >= 0.6 is 0 Å². The Balaban J connectivity index is 3.09. The average molecular weight is 267 g/mol. The predicted octanol–water partition coefficient (Wildman–Crippen LogP) is 0.394. The van der Waals surface area contributed by atoms with Crippen molar-refractivity contribution in [3.63, 3.8) is 0 Å². The lowest BCUT2D eigenvalue weighted by Crippen LogP contribution is -2.47. The SMILES string of the molecule is CCC(N)C(c1cnn(C)c1)N(CC(N)=O)C(C)C. The van der Waals surface area contributed by atoms with Crippen molar-refractivity contribution in [2.45, 2.75) is 45.3 Å². The zero-order chi connectivity index (χ0) is 14.6. The van der Waals surface area contributed by atoms with E-state index in [9.17, 15) is 4.79 Å². The molecule has 2 atom stereocenters. The summed E-state index contributed by atoms with van der Waals surface area (Å²) >= 11 is 0. The molecule has 0 aliphatic carbocycles. The van der Waals surface area contributed by atoms with Crippen molar-refractivity contribution >= 4 is 5.91 Å². The van der Waals surface area contributed by atoms with Crippen LogP contribution in [0.2, 0.25) is 0 Å². The standard InChI is InChI=1S/C13H25N5O/c1-5-11(14)13(10-6-16-17(4)7-10)18(9(2)3)8-12(15)19/h6-7,9,11,13H,5,8,14H2,1-4H3,(H2,15,19). The molecule has 6 nitrogen and oxygen atoms in total. The molecule has 2 unspecified atom stereocenters. The summed E-state index contributed by atoms with van der Waals surface area (Å²) in [7, 11) is 1.87. The van der Waals surface area contributed by atoms with E-state index in [0.717, 1.165) is 12.0 Å². The number of carbonyl (C=O) groups excluding carboxylic acids is 1. The fourth-order valence-corrected chi connectivity index (χ4v) is 2.28. The Morgan fingerprint density at radius 2 is 2.16 bits per heavy atom. The smallest absolute Gasteiger partial charge is 0.231 e. The first-order chi connectivity index (χ1) is 8.86. The first-order valence-electron chi connectivity index (χ1n) is 6.65. The Labute approximate surface area is 114 Å². The fraction of sp³-hybridized carbons (Fsp3) is 0.692. The molecule has 0 radical (unpaired) electrons. The Hall–Kier alpha value is -1.40. The van der Waals surface area contributed by atoms with Gasteiger partial charge in [0.25, 0.3) is 0 Å². The topological polar surface area (TPSA) is 90.2 Å². The number of carbonyl (C=O) groups is 1. The van der Waals surface area contributed by atoms with Crippen molar-refractivity contribution in [2.75, 3.05) is 6.54 Å². The summed E-state index contributed by atoms with van der Waals surface area (Å²) in [5.74, 6) is -0.342. The van der Waals surface area contributed by atoms with Gasteiger partial charge >= 0.3 is 0 Å². The number of primary amides is 1. The lowest BCUT2D eigenvalue weighted by atomic mass is 9.97. The minimum absolute atomic E-state index is 0.0498. The lowest BCUT2D eigenvalue weighted by molar-refractivity contribution is -0.120. The van der Waals surface area contributed by atoms with Crippen molar-refractivity contribution < 1.29 is 4.79 Å². The van der Waals surface area contributed by atoms with Crippen LogP contribution in [0.3, 0.4) is 0 Å². The number of nitrogens with zero attached hydrogens (tertiary/aromatic N) is 3. The van der Waals surface area contributed by atoms with Gasteiger partial charge in [0.05, 0.1) is 18.8 Å². The van der Waals surface area contributed by atoms with Crippen LogP contribution < -0.4 is 11.5 Å². The molecule has 0 aliphatic rings. The summed E-state index contributed by atoms with van der Waals surface area (Å²) in [4.78, 5) is 13.3. The van der Waals surface area contributed by atoms with Gasteiger partial charge in [-0.25, -0.2) is 0 Å². The quantitative estimate of drug-likeness (QED) is 0.748. The molecule has 0 saturated carbocycles. The lowest BCUT2D eigenvalue weighted by Gasteiger charge is -2.36. The second-order valence-corrected chi connectivity index (χ2v) is 5.20. The molecule has 4 N–H and O–H groups in total. The van der Waals surface area contributed by atoms with E-state index in [1.807, 2.05) is 38.9 Å². The number of hydrogen-bond donors (Lipinski definition) is 2. The van der Waals surface area contributed by atoms with Crippen LogP contribution in [-0.2, 0) is 11.8 Å². The molecule has 108 valence electrons. The van der Waals surface area contributed by atoms with Gasteiger partial charge in [-0.15, -0.1) is 0 Å². The average Bonchev–Trinajstić information content (AvgIpc) is 2.73. The van der Waals surface area contributed by atoms with Crippen molar-refractivity contribution in [3.8, 4) is 0 Å². The number of amides is 1. The highest BCUT2D eigenvalue weighted by atomic mass is 16.1. The molecule has 1 aromatic heterocycles. The van der Waals surface area contributed by atoms with Gasteiger partial charge in [-0.1, -0.05) is 6.92 Å². The van der Waals surface area contributed by atoms with Gasteiger partial charge in [0.2, 0.25) is 5.91 Å². The van der Waals surface area contributed by atoms with E-state index in [2.05, 4.69) is 5.10 Å². The molecule has 1 aromatic rings. The minimum atomic E-state index is -0.342. The fourth-order valence-electron chi connectivity index (χ4n) is 2.28. The van der Waals surface area contributed by atoms with Gasteiger partial charge in [-0.3, -0.25) is 14.4 Å². The molecule has 19 heavy (non-hydrogen) atoms. The Bertz CT molecular complexity index is 415. The normalized spacial score (nSPS) is 14.9. The molecule has 0 aliphatic heterocycles. The Morgan fingerprint density at radius 1 is 1.53 bits per heavy atom. The number of hydrogen-bond acceptors (Lipinski definition) is 4. The number of aryl methyl sites for hydroxylation is 1. The van der Waals surface area contributed by atoms with Crippen molar-refractivity contribution in [1.82, 2.24) is 14.7 Å². The maximum atomic E-state index is 11.3. The number of aromatic nitrogens is 2. The van der Waals surface area contributed by atoms with Crippen LogP contribution in [-0.4, -0.2) is 39.2 Å². The molecular weight excluding hydrogens is 242 g/mol. The summed E-state index contributed by atoms with van der Waals surface area (Å²) in [5, 5.41) is 4.19. The molecule has 1 rings (SSSR count). The summed E-state index contributed by atoms with van der Waals surface area (Å²) in [5.41, 5.74) is 12.6. The van der Waals surface area contributed by atoms with Gasteiger partial charge in [-0.05, 0) is 20.3 Å². The van der Waals surface area contributed by atoms with Gasteiger partial charge in [0.1, 0.15) is 0 Å². The first kappa shape index (κ1) is 15.7. The van der Waals surface area contributed by atoms with E-state index in [4.69, 9.17) is 11.5 Å². The van der Waals surface area contributed by atoms with Crippen molar-refractivity contribution in [2.24, 2.45) is 18.5 Å². The minimum Gasteiger partial charge on any atom is -0.369 e. The molecule has 1 heterocycles. The highest BCUT2D eigenvalue weighted by molar-refractivity contribution is 5.76. The maximum Gasteiger partial charge on any atom is 0.231 e. The second kappa shape index (κ2) is 6.68. The van der Waals surface area contributed by atoms with Crippen LogP contribution in [0.5, 0.6) is 0 Å². The highest BCUT2D eigenvalue weighted by Gasteiger charge is 2.29. The van der Waals surface area contributed by atoms with E-state index in [1.165, 1.54) is 0 Å². The predicted molar refractivity (Wildman–Crippen MR) is 75.3 cm³/mol. The molecule has 1 amide bonds. The van der Waals surface area contributed by atoms with Crippen LogP contribution in [0, 0.1) is 0 Å². The maximum absolute atomic E-state index is 11.3. The molecule has 0 fully saturated rings. The van der Waals surface area contributed by atoms with Crippen molar-refractivity contribution in [3.05, 3.63) is 18.0 Å². The van der Waals surface area contributed by atoms with Gasteiger partial charge < -0.3 is 11.5 Å². The monoisotopic (exact) mass is 267 g/mol. The highest BCUT2D eigenvalue weighted by Crippen LogP contribution is 2.26. The summed E-state index contributed by atoms with van der Waals surface area (Å²) in [6.07, 6.45) is 4.56. The molecule has 0 spiro atoms. The van der Waals surface area contributed by atoms with Gasteiger partial charge in [0, 0.05) is 30.9 Å². The van der Waals surface area contributed by atoms with Crippen molar-refractivity contribution in [1.29, 1.82) is 0 Å². The summed E-state index contributed by atoms with van der Waals surface area (Å²) in [6.45, 7) is 6.31. The second-order valence-electron chi connectivity index (χ2n) is 5.20. The summed E-state index contributed by atoms with van der Waals surface area (Å²) < 4.78 is 1.74. The zero-order valence-corrected chi connectivity index (χ0v) is 12.2. The van der Waals surface area contributed by atoms with E-state index >= 15 is 0 Å². The molecule has 0 saturated heterocycles. The van der Waals surface area contributed by atoms with Crippen LogP contribution in [0.25, 0.3) is 0 Å². The Kier molecular flexibility index (Phi) is 5.50. The molecular formula is C13H25N5O. The molecule has 6 heteroatoms. The third-order valence-electron chi connectivity index (χ3n) is 3.30. The molecule has 0 aromatic carbocycles. The van der Waals surface area contributed by atoms with Crippen LogP contribution in [0.1, 0.15) is 38.8 Å². The van der Waals surface area contributed by atoms with Gasteiger partial charge in [0.15, 0.2) is 0 Å². The van der Waals surface area contributed by atoms with Crippen LogP contribution in [0.15, 0.2) is 12.4 Å². The van der Waals surface area contributed by atoms with Crippen LogP contribution in [0.4, 0.5) is 0 Å². The zero-order valence-electron chi connectivity index (χ0n) is 12.2. The first-order valence-corrected chi connectivity index (χ1v) is 6.65. The number of rotatable bonds is 7. The third kappa shape index (κ3) is 4.04. The van der Waals surface area contributed by atoms with E-state index in [1.54, 1.807) is 10.9 Å². The molecule has 0 bridgehead atoms. The van der Waals surface area contributed by atoms with E-state index in [0.29, 0.717) is 0 Å².